The number of ether oxygens (including phenoxy) is 2. The zero-order valence-electron chi connectivity index (χ0n) is 20.0. The van der Waals surface area contributed by atoms with E-state index in [0.29, 0.717) is 11.5 Å². The fourth-order valence-electron chi connectivity index (χ4n) is 4.37. The summed E-state index contributed by atoms with van der Waals surface area (Å²) >= 11 is 0. The summed E-state index contributed by atoms with van der Waals surface area (Å²) < 4.78 is 24.0. The molecule has 0 bridgehead atoms. The van der Waals surface area contributed by atoms with E-state index in [1.54, 1.807) is 24.3 Å². The maximum absolute atomic E-state index is 13.5. The predicted molar refractivity (Wildman–Crippen MR) is 132 cm³/mol. The second-order valence-corrected chi connectivity index (χ2v) is 8.25. The Labute approximate surface area is 211 Å². The fraction of sp³-hybridized carbons (Fsp3) is 0.185. The van der Waals surface area contributed by atoms with Crippen molar-refractivity contribution in [3.05, 3.63) is 105 Å². The summed E-state index contributed by atoms with van der Waals surface area (Å²) in [7, 11) is 3.00. The minimum atomic E-state index is -1.23. The van der Waals surface area contributed by atoms with Crippen molar-refractivity contribution >= 4 is 23.1 Å². The van der Waals surface area contributed by atoms with Crippen LogP contribution in [0.25, 0.3) is 5.76 Å². The van der Waals surface area contributed by atoms with Crippen LogP contribution in [0.4, 0.5) is 10.1 Å². The molecule has 1 saturated heterocycles. The van der Waals surface area contributed by atoms with E-state index in [9.17, 15) is 29.2 Å². The number of carbonyl (C=O) groups is 2. The molecule has 1 amide bonds. The highest BCUT2D eigenvalue weighted by Gasteiger charge is 2.47. The van der Waals surface area contributed by atoms with Gasteiger partial charge in [-0.05, 0) is 54.4 Å². The van der Waals surface area contributed by atoms with Crippen molar-refractivity contribution in [3.8, 4) is 11.5 Å². The monoisotopic (exact) mass is 506 g/mol. The average molecular weight is 506 g/mol. The molecule has 10 heteroatoms. The van der Waals surface area contributed by atoms with Gasteiger partial charge in [0.2, 0.25) is 0 Å². The lowest BCUT2D eigenvalue weighted by atomic mass is 9.94. The predicted octanol–water partition coefficient (Wildman–Crippen LogP) is 4.42. The highest BCUT2D eigenvalue weighted by Crippen LogP contribution is 2.42. The van der Waals surface area contributed by atoms with Gasteiger partial charge in [0.1, 0.15) is 11.6 Å². The van der Waals surface area contributed by atoms with Crippen LogP contribution in [0.2, 0.25) is 0 Å². The van der Waals surface area contributed by atoms with Crippen molar-refractivity contribution in [2.45, 2.75) is 12.5 Å². The number of likely N-dealkylation sites (tertiary alicyclic amines) is 1. The smallest absolute Gasteiger partial charge is 0.295 e. The Morgan fingerprint density at radius 1 is 1.03 bits per heavy atom. The van der Waals surface area contributed by atoms with E-state index < -0.39 is 34.2 Å². The highest BCUT2D eigenvalue weighted by atomic mass is 19.1. The molecule has 4 rings (SSSR count). The van der Waals surface area contributed by atoms with E-state index in [-0.39, 0.29) is 35.4 Å². The summed E-state index contributed by atoms with van der Waals surface area (Å²) in [6, 6.07) is 14.4. The molecule has 0 spiro atoms. The molecule has 3 aromatic rings. The molecule has 0 saturated carbocycles. The van der Waals surface area contributed by atoms with E-state index in [1.807, 2.05) is 0 Å². The molecule has 1 atom stereocenters. The number of ketones is 1. The van der Waals surface area contributed by atoms with Crippen LogP contribution >= 0.6 is 0 Å². The van der Waals surface area contributed by atoms with Crippen LogP contribution in [0.15, 0.2) is 72.3 Å². The number of halogens is 1. The Kier molecular flexibility index (Phi) is 7.19. The van der Waals surface area contributed by atoms with Crippen LogP contribution in [0.3, 0.4) is 0 Å². The molecule has 1 aliphatic rings. The molecule has 190 valence electrons. The number of rotatable bonds is 8. The molecule has 1 aliphatic heterocycles. The first-order valence-corrected chi connectivity index (χ1v) is 11.3. The molecule has 0 aliphatic carbocycles. The summed E-state index contributed by atoms with van der Waals surface area (Å²) in [5.74, 6) is -2.00. The van der Waals surface area contributed by atoms with E-state index in [2.05, 4.69) is 0 Å². The van der Waals surface area contributed by atoms with Gasteiger partial charge in [-0.25, -0.2) is 4.39 Å². The normalized spacial score (nSPS) is 16.6. The number of aliphatic hydroxyl groups is 1. The lowest BCUT2D eigenvalue weighted by Crippen LogP contribution is -2.32. The minimum Gasteiger partial charge on any atom is -0.507 e. The van der Waals surface area contributed by atoms with Crippen LogP contribution in [-0.2, 0) is 16.0 Å². The number of benzene rings is 3. The summed E-state index contributed by atoms with van der Waals surface area (Å²) in [6.45, 7) is 0.0109. The number of hydrogen-bond acceptors (Lipinski definition) is 7. The van der Waals surface area contributed by atoms with Crippen molar-refractivity contribution < 1.29 is 33.5 Å². The van der Waals surface area contributed by atoms with Gasteiger partial charge in [0.05, 0.1) is 36.3 Å². The third-order valence-corrected chi connectivity index (χ3v) is 6.17. The topological polar surface area (TPSA) is 119 Å². The number of amides is 1. The average Bonchev–Trinajstić information content (AvgIpc) is 3.16. The van der Waals surface area contributed by atoms with Crippen molar-refractivity contribution in [3.63, 3.8) is 0 Å². The van der Waals surface area contributed by atoms with E-state index in [4.69, 9.17) is 9.47 Å². The van der Waals surface area contributed by atoms with Crippen LogP contribution in [0.1, 0.15) is 22.7 Å². The Hall–Kier alpha value is -4.73. The third kappa shape index (κ3) is 4.86. The number of nitro groups is 1. The molecule has 3 aromatic carbocycles. The lowest BCUT2D eigenvalue weighted by molar-refractivity contribution is -0.385. The quantitative estimate of drug-likeness (QED) is 0.158. The van der Waals surface area contributed by atoms with Gasteiger partial charge >= 0.3 is 0 Å². The van der Waals surface area contributed by atoms with E-state index in [0.717, 1.165) is 17.7 Å². The Bertz CT molecular complexity index is 1400. The van der Waals surface area contributed by atoms with Crippen molar-refractivity contribution in [1.29, 1.82) is 0 Å². The van der Waals surface area contributed by atoms with Gasteiger partial charge in [0.25, 0.3) is 17.4 Å². The number of nitrogens with zero attached hydrogens (tertiary/aromatic N) is 2. The first-order chi connectivity index (χ1) is 17.8. The number of Topliss-reactive ketones (excluding diaryl/α,β-unsaturated/α-hetero) is 1. The molecule has 0 unspecified atom stereocenters. The summed E-state index contributed by atoms with van der Waals surface area (Å²) in [5, 5.41) is 22.9. The first kappa shape index (κ1) is 25.4. The fourth-order valence-corrected chi connectivity index (χ4v) is 4.37. The molecule has 0 aromatic heterocycles. The van der Waals surface area contributed by atoms with Gasteiger partial charge in [0, 0.05) is 18.2 Å². The summed E-state index contributed by atoms with van der Waals surface area (Å²) in [6.07, 6.45) is 0.279. The molecular formula is C27H23FN2O7. The molecule has 0 radical (unpaired) electrons. The van der Waals surface area contributed by atoms with Crippen molar-refractivity contribution in [2.24, 2.45) is 0 Å². The number of para-hydroxylation sites is 1. The van der Waals surface area contributed by atoms with E-state index >= 15 is 0 Å². The zero-order valence-corrected chi connectivity index (χ0v) is 20.0. The number of aliphatic hydroxyl groups excluding tert-OH is 1. The zero-order chi connectivity index (χ0) is 26.7. The highest BCUT2D eigenvalue weighted by molar-refractivity contribution is 6.46. The maximum Gasteiger partial charge on any atom is 0.295 e. The van der Waals surface area contributed by atoms with Crippen LogP contribution < -0.4 is 9.47 Å². The van der Waals surface area contributed by atoms with Crippen LogP contribution in [0, 0.1) is 15.9 Å². The summed E-state index contributed by atoms with van der Waals surface area (Å²) in [4.78, 5) is 38.7. The van der Waals surface area contributed by atoms with Gasteiger partial charge < -0.3 is 19.5 Å². The number of nitro benzene ring substituents is 1. The molecule has 9 nitrogen and oxygen atoms in total. The standard InChI is InChI=1S/C27H23FN2O7/c1-36-21-12-7-16(15-22(21)37-2)13-14-29-24(19-5-3-4-6-20(19)30(34)35)23(26(32)27(29)33)25(31)17-8-10-18(28)11-9-17/h3-12,15,24,31H,13-14H2,1-2H3/t24-/m0/s1. The van der Waals surface area contributed by atoms with Crippen LogP contribution in [0.5, 0.6) is 11.5 Å². The van der Waals surface area contributed by atoms with Gasteiger partial charge in [-0.2, -0.15) is 0 Å². The third-order valence-electron chi connectivity index (χ3n) is 6.17. The van der Waals surface area contributed by atoms with Gasteiger partial charge in [-0.3, -0.25) is 19.7 Å². The molecular weight excluding hydrogens is 483 g/mol. The Morgan fingerprint density at radius 2 is 1.70 bits per heavy atom. The van der Waals surface area contributed by atoms with Gasteiger partial charge in [-0.15, -0.1) is 0 Å². The largest absolute Gasteiger partial charge is 0.507 e. The SMILES string of the molecule is COc1ccc(CCN2C(=O)C(=O)C(=C(O)c3ccc(F)cc3)[C@@H]2c2ccccc2[N+](=O)[O-])cc1OC. The molecule has 1 fully saturated rings. The second kappa shape index (κ2) is 10.5. The molecule has 37 heavy (non-hydrogen) atoms. The van der Waals surface area contributed by atoms with Crippen LogP contribution in [-0.4, -0.2) is 47.4 Å². The molecule has 1 heterocycles. The van der Waals surface area contributed by atoms with Gasteiger partial charge in [0.15, 0.2) is 11.5 Å². The van der Waals surface area contributed by atoms with Gasteiger partial charge in [-0.1, -0.05) is 18.2 Å². The number of hydrogen-bond donors (Lipinski definition) is 1. The van der Waals surface area contributed by atoms with Crippen molar-refractivity contribution in [2.75, 3.05) is 20.8 Å². The second-order valence-electron chi connectivity index (χ2n) is 8.25. The number of carbonyl (C=O) groups excluding carboxylic acids is 2. The lowest BCUT2D eigenvalue weighted by Gasteiger charge is -2.25. The van der Waals surface area contributed by atoms with Crippen molar-refractivity contribution in [1.82, 2.24) is 4.90 Å². The summed E-state index contributed by atoms with van der Waals surface area (Å²) in [5.41, 5.74) is 0.318. The minimum absolute atomic E-state index is 0.0109. The van der Waals surface area contributed by atoms with E-state index in [1.165, 1.54) is 49.5 Å². The first-order valence-electron chi connectivity index (χ1n) is 11.3. The maximum atomic E-state index is 13.5. The Balaban J connectivity index is 1.80. The number of methoxy groups -OCH3 is 2. The molecule has 1 N–H and O–H groups in total. The Morgan fingerprint density at radius 3 is 2.35 bits per heavy atom.